The van der Waals surface area contributed by atoms with Crippen LogP contribution in [-0.4, -0.2) is 15.0 Å². The van der Waals surface area contributed by atoms with Crippen molar-refractivity contribution in [1.29, 1.82) is 0 Å². The lowest BCUT2D eigenvalue weighted by molar-refractivity contribution is 1.01. The molecule has 0 saturated heterocycles. The zero-order valence-electron chi connectivity index (χ0n) is 35.9. The molecular formula is C61H41N3S2. The van der Waals surface area contributed by atoms with Crippen LogP contribution in [0.2, 0.25) is 0 Å². The summed E-state index contributed by atoms with van der Waals surface area (Å²) in [5, 5.41) is 2.36. The van der Waals surface area contributed by atoms with Gasteiger partial charge in [-0.25, -0.2) is 9.97 Å². The summed E-state index contributed by atoms with van der Waals surface area (Å²) in [7, 11) is 0. The largest absolute Gasteiger partial charge is 0.256 e. The van der Waals surface area contributed by atoms with Crippen molar-refractivity contribution < 1.29 is 0 Å². The van der Waals surface area contributed by atoms with Gasteiger partial charge in [0.25, 0.3) is 0 Å². The van der Waals surface area contributed by atoms with E-state index in [1.165, 1.54) is 30.8 Å². The summed E-state index contributed by atoms with van der Waals surface area (Å²) >= 11 is 3.67. The van der Waals surface area contributed by atoms with Crippen molar-refractivity contribution in [3.63, 3.8) is 0 Å². The molecule has 312 valence electrons. The summed E-state index contributed by atoms with van der Waals surface area (Å²) in [6.45, 7) is 0. The second kappa shape index (κ2) is 17.3. The van der Waals surface area contributed by atoms with Crippen molar-refractivity contribution in [2.75, 3.05) is 0 Å². The molecule has 66 heavy (non-hydrogen) atoms. The first-order valence-electron chi connectivity index (χ1n) is 22.4. The van der Waals surface area contributed by atoms with E-state index in [0.29, 0.717) is 0 Å². The minimum atomic E-state index is 0.957. The molecule has 0 saturated carbocycles. The maximum absolute atomic E-state index is 5.54. The van der Waals surface area contributed by atoms with E-state index in [4.69, 9.17) is 15.0 Å². The second-order valence-electron chi connectivity index (χ2n) is 16.6. The van der Waals surface area contributed by atoms with E-state index in [0.717, 1.165) is 102 Å². The SMILES string of the molecule is C1=C\CCc2c(sc3ccc(-c4nc5c(-c6ccc(-c7ccc(-c8ccccc8)nc7-c7ccccc7)cc6)ccc(-c6ccc(-c7cccnc7-c7ccccc7)cc6)c5s4)cc23)\C=C/1. The summed E-state index contributed by atoms with van der Waals surface area (Å²) in [5.41, 5.74) is 18.8. The Morgan fingerprint density at radius 1 is 0.424 bits per heavy atom. The van der Waals surface area contributed by atoms with Gasteiger partial charge in [-0.15, -0.1) is 22.7 Å². The highest BCUT2D eigenvalue weighted by Crippen LogP contribution is 2.45. The second-order valence-corrected chi connectivity index (χ2v) is 18.7. The summed E-state index contributed by atoms with van der Waals surface area (Å²) < 4.78 is 2.49. The number of thiazole rings is 1. The van der Waals surface area contributed by atoms with Crippen LogP contribution in [0.3, 0.4) is 0 Å². The molecule has 0 bridgehead atoms. The van der Waals surface area contributed by atoms with Gasteiger partial charge < -0.3 is 0 Å². The average Bonchev–Trinajstić information content (AvgIpc) is 3.98. The first-order valence-corrected chi connectivity index (χ1v) is 24.0. The highest BCUT2D eigenvalue weighted by Gasteiger charge is 2.20. The molecule has 0 radical (unpaired) electrons. The number of hydrogen-bond acceptors (Lipinski definition) is 5. The van der Waals surface area contributed by atoms with Crippen LogP contribution < -0.4 is 0 Å². The number of aromatic nitrogens is 3. The van der Waals surface area contributed by atoms with Crippen LogP contribution in [-0.2, 0) is 6.42 Å². The Balaban J connectivity index is 0.963. The summed E-state index contributed by atoms with van der Waals surface area (Å²) in [6.07, 6.45) is 12.8. The first kappa shape index (κ1) is 39.7. The standard InChI is InChI=1S/C61H41N3S2/c1-2-13-23-55-52(21-12-1)53-39-47(32-37-56(53)65-55)61-64-59-50(33-34-51(60(59)66-61)43-30-28-40(29-31-43)48-22-14-38-62-57(48)45-17-8-4-9-18-45)42-26-24-41(25-27-42)49-35-36-54(44-15-6-3-7-16-44)63-58(49)46-19-10-5-11-20-46/h1-11,13-20,22-39H,12,21H2/b2-1-,23-13-. The zero-order chi connectivity index (χ0) is 43.8. The number of fused-ring (bicyclic) bond motifs is 4. The molecule has 12 rings (SSSR count). The molecule has 7 aromatic carbocycles. The molecule has 11 aromatic rings. The van der Waals surface area contributed by atoms with Gasteiger partial charge in [-0.2, -0.15) is 0 Å². The zero-order valence-corrected chi connectivity index (χ0v) is 37.6. The summed E-state index contributed by atoms with van der Waals surface area (Å²) in [6, 6.07) is 69.2. The maximum Gasteiger partial charge on any atom is 0.124 e. The van der Waals surface area contributed by atoms with Gasteiger partial charge in [0.1, 0.15) is 5.01 Å². The summed E-state index contributed by atoms with van der Waals surface area (Å²) in [4.78, 5) is 17.0. The fourth-order valence-corrected chi connectivity index (χ4v) is 11.5. The normalized spacial score (nSPS) is 13.3. The molecule has 4 heterocycles. The van der Waals surface area contributed by atoms with Crippen molar-refractivity contribution in [2.45, 2.75) is 12.8 Å². The minimum Gasteiger partial charge on any atom is -0.256 e. The van der Waals surface area contributed by atoms with Crippen molar-refractivity contribution >= 4 is 49.1 Å². The topological polar surface area (TPSA) is 38.7 Å². The lowest BCUT2D eigenvalue weighted by Gasteiger charge is -2.13. The van der Waals surface area contributed by atoms with E-state index in [2.05, 4.69) is 200 Å². The Labute approximate surface area is 392 Å². The van der Waals surface area contributed by atoms with Gasteiger partial charge in [0, 0.05) is 60.3 Å². The molecule has 1 aliphatic rings. The lowest BCUT2D eigenvalue weighted by Crippen LogP contribution is -1.93. The number of hydrogen-bond donors (Lipinski definition) is 0. The molecule has 0 N–H and O–H groups in total. The average molecular weight is 880 g/mol. The smallest absolute Gasteiger partial charge is 0.124 e. The third-order valence-corrected chi connectivity index (χ3v) is 14.9. The van der Waals surface area contributed by atoms with Crippen LogP contribution in [0.15, 0.2) is 219 Å². The third-order valence-electron chi connectivity index (χ3n) is 12.5. The highest BCUT2D eigenvalue weighted by atomic mass is 32.1. The number of aryl methyl sites for hydroxylation is 1. The van der Waals surface area contributed by atoms with Crippen LogP contribution in [0.4, 0.5) is 0 Å². The molecule has 0 unspecified atom stereocenters. The quantitative estimate of drug-likeness (QED) is 0.153. The van der Waals surface area contributed by atoms with Gasteiger partial charge in [0.05, 0.1) is 27.3 Å². The van der Waals surface area contributed by atoms with Crippen molar-refractivity contribution in [1.82, 2.24) is 15.0 Å². The van der Waals surface area contributed by atoms with E-state index in [-0.39, 0.29) is 0 Å². The maximum atomic E-state index is 5.54. The van der Waals surface area contributed by atoms with Crippen LogP contribution in [0.5, 0.6) is 0 Å². The van der Waals surface area contributed by atoms with Crippen molar-refractivity contribution in [3.05, 3.63) is 229 Å². The van der Waals surface area contributed by atoms with E-state index < -0.39 is 0 Å². The Bertz CT molecular complexity index is 3600. The van der Waals surface area contributed by atoms with Gasteiger partial charge in [0.2, 0.25) is 0 Å². The van der Waals surface area contributed by atoms with Crippen molar-refractivity contribution in [3.8, 4) is 88.9 Å². The van der Waals surface area contributed by atoms with Gasteiger partial charge in [-0.3, -0.25) is 4.98 Å². The molecule has 1 aliphatic carbocycles. The number of pyridine rings is 2. The molecule has 0 aliphatic heterocycles. The number of allylic oxidation sites excluding steroid dienone is 3. The molecule has 4 aromatic heterocycles. The van der Waals surface area contributed by atoms with Crippen LogP contribution in [0.25, 0.3) is 115 Å². The van der Waals surface area contributed by atoms with Gasteiger partial charge >= 0.3 is 0 Å². The summed E-state index contributed by atoms with van der Waals surface area (Å²) in [5.74, 6) is 0. The molecule has 0 fully saturated rings. The van der Waals surface area contributed by atoms with E-state index in [9.17, 15) is 0 Å². The fourth-order valence-electron chi connectivity index (χ4n) is 9.23. The fraction of sp³-hybridized carbons (Fsp3) is 0.0328. The van der Waals surface area contributed by atoms with Gasteiger partial charge in [-0.1, -0.05) is 188 Å². The predicted molar refractivity (Wildman–Crippen MR) is 281 cm³/mol. The predicted octanol–water partition coefficient (Wildman–Crippen LogP) is 17.2. The Morgan fingerprint density at radius 2 is 1.02 bits per heavy atom. The minimum absolute atomic E-state index is 0.957. The van der Waals surface area contributed by atoms with Crippen molar-refractivity contribution in [2.24, 2.45) is 0 Å². The Hall–Kier alpha value is -7.83. The monoisotopic (exact) mass is 879 g/mol. The number of nitrogens with zero attached hydrogens (tertiary/aromatic N) is 3. The van der Waals surface area contributed by atoms with E-state index in [1.807, 2.05) is 35.7 Å². The molecule has 0 spiro atoms. The number of benzene rings is 7. The first-order chi connectivity index (χ1) is 32.7. The van der Waals surface area contributed by atoms with E-state index in [1.54, 1.807) is 11.3 Å². The highest BCUT2D eigenvalue weighted by molar-refractivity contribution is 7.22. The molecule has 5 heteroatoms. The van der Waals surface area contributed by atoms with Crippen LogP contribution in [0, 0.1) is 0 Å². The lowest BCUT2D eigenvalue weighted by atomic mass is 9.94. The Morgan fingerprint density at radius 3 is 1.73 bits per heavy atom. The van der Waals surface area contributed by atoms with Crippen LogP contribution in [0.1, 0.15) is 16.9 Å². The number of rotatable bonds is 8. The molecule has 0 atom stereocenters. The molecule has 0 amide bonds. The number of thiophene rings is 1. The van der Waals surface area contributed by atoms with Crippen LogP contribution >= 0.6 is 22.7 Å². The Kier molecular flexibility index (Phi) is 10.4. The molecular weight excluding hydrogens is 839 g/mol. The van der Waals surface area contributed by atoms with Gasteiger partial charge in [-0.05, 0) is 76.4 Å². The third kappa shape index (κ3) is 7.48. The van der Waals surface area contributed by atoms with Gasteiger partial charge in [0.15, 0.2) is 0 Å². The molecule has 3 nitrogen and oxygen atoms in total. The van der Waals surface area contributed by atoms with E-state index >= 15 is 0 Å².